The predicted molar refractivity (Wildman–Crippen MR) is 48.8 cm³/mol. The van der Waals surface area contributed by atoms with Gasteiger partial charge in [-0.3, -0.25) is 4.79 Å². The van der Waals surface area contributed by atoms with Crippen molar-refractivity contribution in [3.63, 3.8) is 0 Å². The maximum Gasteiger partial charge on any atom is 0.133 e. The Labute approximate surface area is 73.8 Å². The van der Waals surface area contributed by atoms with E-state index in [-0.39, 0.29) is 0 Å². The minimum atomic E-state index is 0.493. The van der Waals surface area contributed by atoms with Gasteiger partial charge in [-0.05, 0) is 38.5 Å². The molecule has 0 aliphatic heterocycles. The molecule has 1 heteroatoms. The fourth-order valence-corrected chi connectivity index (χ4v) is 2.61. The van der Waals surface area contributed by atoms with Gasteiger partial charge in [0, 0.05) is 12.8 Å². The first-order valence-corrected chi connectivity index (χ1v) is 4.83. The topological polar surface area (TPSA) is 17.1 Å². The third-order valence-electron chi connectivity index (χ3n) is 3.51. The Morgan fingerprint density at radius 2 is 1.33 bits per heavy atom. The maximum absolute atomic E-state index is 11.2. The standard InChI is InChI=1S/C11H16O/c1-7-3-9-5-11(12)6-10(9)4-8(7)2/h9-10H,3-6H2,1-2H3/t9-,10+. The Morgan fingerprint density at radius 3 is 1.75 bits per heavy atom. The largest absolute Gasteiger partial charge is 0.300 e. The van der Waals surface area contributed by atoms with E-state index in [1.54, 1.807) is 0 Å². The molecule has 0 aromatic heterocycles. The van der Waals surface area contributed by atoms with Crippen LogP contribution in [0.5, 0.6) is 0 Å². The molecule has 2 rings (SSSR count). The van der Waals surface area contributed by atoms with E-state index in [1.165, 1.54) is 24.0 Å². The minimum Gasteiger partial charge on any atom is -0.300 e. The molecule has 0 aromatic rings. The van der Waals surface area contributed by atoms with Crippen LogP contribution in [0.25, 0.3) is 0 Å². The van der Waals surface area contributed by atoms with Crippen molar-refractivity contribution in [2.75, 3.05) is 0 Å². The Kier molecular flexibility index (Phi) is 1.82. The van der Waals surface area contributed by atoms with E-state index >= 15 is 0 Å². The van der Waals surface area contributed by atoms with Crippen LogP contribution in [0.15, 0.2) is 11.1 Å². The lowest BCUT2D eigenvalue weighted by molar-refractivity contribution is -0.117. The van der Waals surface area contributed by atoms with Crippen LogP contribution in [0, 0.1) is 11.8 Å². The molecule has 2 aliphatic rings. The zero-order valence-electron chi connectivity index (χ0n) is 7.89. The van der Waals surface area contributed by atoms with Crippen molar-refractivity contribution in [3.05, 3.63) is 11.1 Å². The van der Waals surface area contributed by atoms with E-state index in [4.69, 9.17) is 0 Å². The van der Waals surface area contributed by atoms with Gasteiger partial charge in [-0.2, -0.15) is 0 Å². The summed E-state index contributed by atoms with van der Waals surface area (Å²) in [5.74, 6) is 1.88. The van der Waals surface area contributed by atoms with Gasteiger partial charge in [0.1, 0.15) is 5.78 Å². The zero-order chi connectivity index (χ0) is 8.72. The highest BCUT2D eigenvalue weighted by Crippen LogP contribution is 2.42. The highest BCUT2D eigenvalue weighted by molar-refractivity contribution is 5.81. The predicted octanol–water partition coefficient (Wildman–Crippen LogP) is 2.71. The van der Waals surface area contributed by atoms with Crippen LogP contribution < -0.4 is 0 Å². The lowest BCUT2D eigenvalue weighted by atomic mass is 9.79. The summed E-state index contributed by atoms with van der Waals surface area (Å²) in [4.78, 5) is 11.2. The minimum absolute atomic E-state index is 0.493. The van der Waals surface area contributed by atoms with Crippen molar-refractivity contribution in [3.8, 4) is 0 Å². The molecule has 0 radical (unpaired) electrons. The lowest BCUT2D eigenvalue weighted by Crippen LogP contribution is -2.14. The third kappa shape index (κ3) is 1.21. The molecule has 0 saturated heterocycles. The zero-order valence-corrected chi connectivity index (χ0v) is 7.89. The average Bonchev–Trinajstić information content (AvgIpc) is 2.30. The Bertz CT molecular complexity index is 226. The lowest BCUT2D eigenvalue weighted by Gasteiger charge is -2.26. The second-order valence-corrected chi connectivity index (χ2v) is 4.44. The molecule has 1 nitrogen and oxygen atoms in total. The molecule has 12 heavy (non-hydrogen) atoms. The van der Waals surface area contributed by atoms with Crippen molar-refractivity contribution in [2.24, 2.45) is 11.8 Å². The van der Waals surface area contributed by atoms with Crippen LogP contribution >= 0.6 is 0 Å². The van der Waals surface area contributed by atoms with Crippen molar-refractivity contribution in [2.45, 2.75) is 39.5 Å². The highest BCUT2D eigenvalue weighted by atomic mass is 16.1. The number of rotatable bonds is 0. The highest BCUT2D eigenvalue weighted by Gasteiger charge is 2.35. The van der Waals surface area contributed by atoms with Gasteiger partial charge in [0.05, 0.1) is 0 Å². The first-order chi connectivity index (χ1) is 5.66. The Balaban J connectivity index is 2.17. The molecule has 0 spiro atoms. The van der Waals surface area contributed by atoms with Crippen molar-refractivity contribution < 1.29 is 4.79 Å². The number of carbonyl (C=O) groups is 1. The van der Waals surface area contributed by atoms with Crippen LogP contribution in [0.3, 0.4) is 0 Å². The molecule has 66 valence electrons. The SMILES string of the molecule is CC1=C(C)C[C@@H]2CC(=O)C[C@@H]2C1. The van der Waals surface area contributed by atoms with Crippen LogP contribution in [-0.4, -0.2) is 5.78 Å². The fraction of sp³-hybridized carbons (Fsp3) is 0.727. The van der Waals surface area contributed by atoms with Crippen molar-refractivity contribution in [1.82, 2.24) is 0 Å². The molecule has 2 aliphatic carbocycles. The molecule has 0 amide bonds. The van der Waals surface area contributed by atoms with Gasteiger partial charge in [0.25, 0.3) is 0 Å². The van der Waals surface area contributed by atoms with Crippen LogP contribution in [0.1, 0.15) is 39.5 Å². The molecule has 0 heterocycles. The van der Waals surface area contributed by atoms with Gasteiger partial charge in [0.15, 0.2) is 0 Å². The fourth-order valence-electron chi connectivity index (χ4n) is 2.61. The number of carbonyl (C=O) groups excluding carboxylic acids is 1. The van der Waals surface area contributed by atoms with Gasteiger partial charge in [-0.15, -0.1) is 0 Å². The summed E-state index contributed by atoms with van der Waals surface area (Å²) in [6.07, 6.45) is 4.08. The summed E-state index contributed by atoms with van der Waals surface area (Å²) in [5.41, 5.74) is 3.07. The van der Waals surface area contributed by atoms with E-state index < -0.39 is 0 Å². The quantitative estimate of drug-likeness (QED) is 0.503. The number of Topliss-reactive ketones (excluding diaryl/α,β-unsaturated/α-hetero) is 1. The second kappa shape index (κ2) is 2.72. The number of ketones is 1. The first-order valence-electron chi connectivity index (χ1n) is 4.83. The van der Waals surface area contributed by atoms with Gasteiger partial charge in [0.2, 0.25) is 0 Å². The van der Waals surface area contributed by atoms with Crippen LogP contribution in [0.2, 0.25) is 0 Å². The van der Waals surface area contributed by atoms with Gasteiger partial charge in [-0.1, -0.05) is 11.1 Å². The van der Waals surface area contributed by atoms with Gasteiger partial charge < -0.3 is 0 Å². The number of allylic oxidation sites excluding steroid dienone is 2. The van der Waals surface area contributed by atoms with E-state index in [0.29, 0.717) is 17.6 Å². The normalized spacial score (nSPS) is 35.7. The van der Waals surface area contributed by atoms with E-state index in [1.807, 2.05) is 0 Å². The van der Waals surface area contributed by atoms with Crippen LogP contribution in [0.4, 0.5) is 0 Å². The maximum atomic E-state index is 11.2. The van der Waals surface area contributed by atoms with E-state index in [9.17, 15) is 4.79 Å². The van der Waals surface area contributed by atoms with Gasteiger partial charge in [-0.25, -0.2) is 0 Å². The molecule has 2 atom stereocenters. The second-order valence-electron chi connectivity index (χ2n) is 4.44. The van der Waals surface area contributed by atoms with Gasteiger partial charge >= 0.3 is 0 Å². The molecular weight excluding hydrogens is 148 g/mol. The summed E-state index contributed by atoms with van der Waals surface area (Å²) in [6.45, 7) is 4.43. The summed E-state index contributed by atoms with van der Waals surface area (Å²) in [7, 11) is 0. The molecule has 1 fully saturated rings. The molecular formula is C11H16O. The summed E-state index contributed by atoms with van der Waals surface area (Å²) < 4.78 is 0. The number of hydrogen-bond acceptors (Lipinski definition) is 1. The summed E-state index contributed by atoms with van der Waals surface area (Å²) in [6, 6.07) is 0. The smallest absolute Gasteiger partial charge is 0.133 e. The summed E-state index contributed by atoms with van der Waals surface area (Å²) in [5, 5.41) is 0. The molecule has 0 unspecified atom stereocenters. The average molecular weight is 164 g/mol. The van der Waals surface area contributed by atoms with Crippen LogP contribution in [-0.2, 0) is 4.79 Å². The third-order valence-corrected chi connectivity index (χ3v) is 3.51. The van der Waals surface area contributed by atoms with Crippen molar-refractivity contribution >= 4 is 5.78 Å². The molecule has 0 N–H and O–H groups in total. The summed E-state index contributed by atoms with van der Waals surface area (Å²) >= 11 is 0. The van der Waals surface area contributed by atoms with E-state index in [0.717, 1.165) is 12.8 Å². The number of fused-ring (bicyclic) bond motifs is 1. The van der Waals surface area contributed by atoms with E-state index in [2.05, 4.69) is 13.8 Å². The number of hydrogen-bond donors (Lipinski definition) is 0. The molecule has 0 aromatic carbocycles. The van der Waals surface area contributed by atoms with Crippen molar-refractivity contribution in [1.29, 1.82) is 0 Å². The molecule has 1 saturated carbocycles. The Morgan fingerprint density at radius 1 is 0.917 bits per heavy atom. The Hall–Kier alpha value is -0.590. The monoisotopic (exact) mass is 164 g/mol. The first kappa shape index (κ1) is 8.03. The molecule has 0 bridgehead atoms.